The van der Waals surface area contributed by atoms with E-state index in [4.69, 9.17) is 9.47 Å². The van der Waals surface area contributed by atoms with E-state index in [-0.39, 0.29) is 47.4 Å². The summed E-state index contributed by atoms with van der Waals surface area (Å²) in [5.74, 6) is 0.509. The van der Waals surface area contributed by atoms with E-state index in [2.05, 4.69) is 41.3 Å². The molecule has 2 atom stereocenters. The Morgan fingerprint density at radius 3 is 2.28 bits per heavy atom. The van der Waals surface area contributed by atoms with Gasteiger partial charge in [-0.2, -0.15) is 0 Å². The van der Waals surface area contributed by atoms with Gasteiger partial charge in [0.15, 0.2) is 5.96 Å². The van der Waals surface area contributed by atoms with E-state index in [1.807, 2.05) is 12.1 Å². The fraction of sp³-hybridized carbons (Fsp3) is 0.667. The Bertz CT molecular complexity index is 616. The fourth-order valence-electron chi connectivity index (χ4n) is 3.38. The summed E-state index contributed by atoms with van der Waals surface area (Å²) in [6.07, 6.45) is 0.0678. The number of hydrogen-bond acceptors (Lipinski definition) is 4. The SMILES string of the molecule is CN=C(NCC(c1ccc(F)cc1)N1CCOCC1)NCC(OC)C(C)(C)C.I. The monoisotopic (exact) mass is 522 g/mol. The van der Waals surface area contributed by atoms with E-state index >= 15 is 0 Å². The number of aliphatic imine (C=N–C) groups is 1. The summed E-state index contributed by atoms with van der Waals surface area (Å²) >= 11 is 0. The second-order valence-electron chi connectivity index (χ2n) is 8.14. The summed E-state index contributed by atoms with van der Waals surface area (Å²) in [6, 6.07) is 6.86. The molecule has 1 fully saturated rings. The van der Waals surface area contributed by atoms with Gasteiger partial charge in [-0.25, -0.2) is 4.39 Å². The summed E-state index contributed by atoms with van der Waals surface area (Å²) in [5.41, 5.74) is 1.11. The van der Waals surface area contributed by atoms with Gasteiger partial charge in [-0.15, -0.1) is 24.0 Å². The first-order valence-corrected chi connectivity index (χ1v) is 9.89. The van der Waals surface area contributed by atoms with Gasteiger partial charge in [0, 0.05) is 40.3 Å². The Morgan fingerprint density at radius 1 is 1.17 bits per heavy atom. The topological polar surface area (TPSA) is 58.1 Å². The van der Waals surface area contributed by atoms with Crippen molar-refractivity contribution >= 4 is 29.9 Å². The van der Waals surface area contributed by atoms with Gasteiger partial charge >= 0.3 is 0 Å². The number of ether oxygens (including phenoxy) is 2. The Morgan fingerprint density at radius 2 is 1.76 bits per heavy atom. The van der Waals surface area contributed by atoms with Gasteiger partial charge in [0.1, 0.15) is 5.82 Å². The van der Waals surface area contributed by atoms with Crippen LogP contribution in [0.15, 0.2) is 29.3 Å². The van der Waals surface area contributed by atoms with Crippen LogP contribution >= 0.6 is 24.0 Å². The number of nitrogens with zero attached hydrogens (tertiary/aromatic N) is 2. The van der Waals surface area contributed by atoms with Crippen LogP contribution in [0.25, 0.3) is 0 Å². The van der Waals surface area contributed by atoms with Gasteiger partial charge < -0.3 is 20.1 Å². The number of rotatable bonds is 7. The molecule has 0 bridgehead atoms. The normalized spacial score (nSPS) is 17.9. The predicted molar refractivity (Wildman–Crippen MR) is 127 cm³/mol. The van der Waals surface area contributed by atoms with Crippen LogP contribution < -0.4 is 10.6 Å². The summed E-state index contributed by atoms with van der Waals surface area (Å²) < 4.78 is 24.5. The van der Waals surface area contributed by atoms with Crippen molar-refractivity contribution in [1.29, 1.82) is 0 Å². The average molecular weight is 522 g/mol. The van der Waals surface area contributed by atoms with Gasteiger partial charge in [0.25, 0.3) is 0 Å². The predicted octanol–water partition coefficient (Wildman–Crippen LogP) is 3.04. The molecule has 0 spiro atoms. The van der Waals surface area contributed by atoms with Gasteiger partial charge in [0.05, 0.1) is 25.4 Å². The van der Waals surface area contributed by atoms with E-state index < -0.39 is 0 Å². The van der Waals surface area contributed by atoms with Crippen molar-refractivity contribution in [2.45, 2.75) is 32.9 Å². The quantitative estimate of drug-likeness (QED) is 0.328. The Hall–Kier alpha value is -0.970. The molecule has 1 aromatic rings. The highest BCUT2D eigenvalue weighted by Crippen LogP contribution is 2.22. The second-order valence-corrected chi connectivity index (χ2v) is 8.14. The first-order chi connectivity index (χ1) is 13.3. The molecule has 6 nitrogen and oxygen atoms in total. The molecule has 0 radical (unpaired) electrons. The standard InChI is InChI=1S/C21H35FN4O2.HI/c1-21(2,3)19(27-5)15-25-20(23-4)24-14-18(26-10-12-28-13-11-26)16-6-8-17(22)9-7-16;/h6-9,18-19H,10-15H2,1-5H3,(H2,23,24,25);1H. The maximum atomic E-state index is 13.4. The van der Waals surface area contributed by atoms with Crippen molar-refractivity contribution in [3.63, 3.8) is 0 Å². The van der Waals surface area contributed by atoms with Crippen molar-refractivity contribution in [2.75, 3.05) is 53.6 Å². The number of halogens is 2. The number of benzene rings is 1. The van der Waals surface area contributed by atoms with E-state index in [0.717, 1.165) is 24.6 Å². The summed E-state index contributed by atoms with van der Waals surface area (Å²) in [5, 5.41) is 6.77. The van der Waals surface area contributed by atoms with Crippen LogP contribution in [-0.4, -0.2) is 70.5 Å². The highest BCUT2D eigenvalue weighted by Gasteiger charge is 2.25. The van der Waals surface area contributed by atoms with Crippen LogP contribution in [0.4, 0.5) is 4.39 Å². The zero-order valence-corrected chi connectivity index (χ0v) is 20.5. The molecule has 1 aromatic carbocycles. The third kappa shape index (κ3) is 8.35. The fourth-order valence-corrected chi connectivity index (χ4v) is 3.38. The molecule has 0 amide bonds. The maximum absolute atomic E-state index is 13.4. The van der Waals surface area contributed by atoms with Gasteiger partial charge in [-0.05, 0) is 23.1 Å². The average Bonchev–Trinajstić information content (AvgIpc) is 2.68. The third-order valence-electron chi connectivity index (χ3n) is 5.13. The Labute approximate surface area is 191 Å². The van der Waals surface area contributed by atoms with E-state index in [9.17, 15) is 4.39 Å². The molecule has 0 aliphatic carbocycles. The molecule has 1 aliphatic heterocycles. The van der Waals surface area contributed by atoms with Gasteiger partial charge in [-0.1, -0.05) is 32.9 Å². The van der Waals surface area contributed by atoms with Crippen molar-refractivity contribution in [3.05, 3.63) is 35.6 Å². The molecule has 8 heteroatoms. The highest BCUT2D eigenvalue weighted by atomic mass is 127. The summed E-state index contributed by atoms with van der Waals surface area (Å²) in [7, 11) is 3.49. The zero-order valence-electron chi connectivity index (χ0n) is 18.2. The summed E-state index contributed by atoms with van der Waals surface area (Å²) in [4.78, 5) is 6.70. The number of nitrogens with one attached hydrogen (secondary N) is 2. The molecule has 166 valence electrons. The number of hydrogen-bond donors (Lipinski definition) is 2. The van der Waals surface area contributed by atoms with Crippen LogP contribution in [0.5, 0.6) is 0 Å². The molecule has 1 heterocycles. The van der Waals surface area contributed by atoms with Gasteiger partial charge in [-0.3, -0.25) is 9.89 Å². The largest absolute Gasteiger partial charge is 0.379 e. The first-order valence-electron chi connectivity index (χ1n) is 9.89. The molecule has 2 N–H and O–H groups in total. The molecule has 1 saturated heterocycles. The van der Waals surface area contributed by atoms with Crippen LogP contribution in [-0.2, 0) is 9.47 Å². The molecule has 0 aromatic heterocycles. The maximum Gasteiger partial charge on any atom is 0.191 e. The lowest BCUT2D eigenvalue weighted by Gasteiger charge is -2.35. The van der Waals surface area contributed by atoms with Crippen LogP contribution in [0.2, 0.25) is 0 Å². The first kappa shape index (κ1) is 26.1. The minimum Gasteiger partial charge on any atom is -0.379 e. The van der Waals surface area contributed by atoms with Crippen molar-refractivity contribution in [3.8, 4) is 0 Å². The number of guanidine groups is 1. The Kier molecular flexibility index (Phi) is 11.4. The van der Waals surface area contributed by atoms with E-state index in [0.29, 0.717) is 26.3 Å². The van der Waals surface area contributed by atoms with Crippen molar-refractivity contribution in [2.24, 2.45) is 10.4 Å². The molecular weight excluding hydrogens is 486 g/mol. The van der Waals surface area contributed by atoms with E-state index in [1.165, 1.54) is 12.1 Å². The molecule has 0 saturated carbocycles. The third-order valence-corrected chi connectivity index (χ3v) is 5.13. The molecule has 2 unspecified atom stereocenters. The number of methoxy groups -OCH3 is 1. The molecule has 1 aliphatic rings. The number of morpholine rings is 1. The molecular formula is C21H36FIN4O2. The zero-order chi connectivity index (χ0) is 20.6. The summed E-state index contributed by atoms with van der Waals surface area (Å²) in [6.45, 7) is 10.9. The van der Waals surface area contributed by atoms with Crippen LogP contribution in [0.3, 0.4) is 0 Å². The lowest BCUT2D eigenvalue weighted by atomic mass is 9.89. The van der Waals surface area contributed by atoms with Crippen LogP contribution in [0, 0.1) is 11.2 Å². The lowest BCUT2D eigenvalue weighted by Crippen LogP contribution is -2.48. The Balaban J connectivity index is 0.00000420. The smallest absolute Gasteiger partial charge is 0.191 e. The van der Waals surface area contributed by atoms with E-state index in [1.54, 1.807) is 14.2 Å². The van der Waals surface area contributed by atoms with Crippen molar-refractivity contribution in [1.82, 2.24) is 15.5 Å². The highest BCUT2D eigenvalue weighted by molar-refractivity contribution is 14.0. The minimum absolute atomic E-state index is 0. The van der Waals surface area contributed by atoms with Crippen molar-refractivity contribution < 1.29 is 13.9 Å². The minimum atomic E-state index is -0.220. The molecule has 29 heavy (non-hydrogen) atoms. The molecule has 2 rings (SSSR count). The van der Waals surface area contributed by atoms with Gasteiger partial charge in [0.2, 0.25) is 0 Å². The lowest BCUT2D eigenvalue weighted by molar-refractivity contribution is 0.0165. The second kappa shape index (κ2) is 12.7. The van der Waals surface area contributed by atoms with Crippen LogP contribution in [0.1, 0.15) is 32.4 Å².